The van der Waals surface area contributed by atoms with Crippen molar-refractivity contribution in [3.63, 3.8) is 0 Å². The van der Waals surface area contributed by atoms with Gasteiger partial charge in [0.2, 0.25) is 11.7 Å². The summed E-state index contributed by atoms with van der Waals surface area (Å²) >= 11 is 0. The maximum Gasteiger partial charge on any atom is 0.248 e. The maximum atomic E-state index is 11.2. The van der Waals surface area contributed by atoms with Crippen LogP contribution in [0.2, 0.25) is 0 Å². The summed E-state index contributed by atoms with van der Waals surface area (Å²) in [6.45, 7) is 0. The fourth-order valence-electron chi connectivity index (χ4n) is 2.69. The molecule has 3 aromatic rings. The molecule has 0 saturated heterocycles. The predicted molar refractivity (Wildman–Crippen MR) is 105 cm³/mol. The largest absolute Gasteiger partial charge is 0.493 e. The molecule has 0 atom stereocenters. The number of carbonyl (C=O) groups is 1. The van der Waals surface area contributed by atoms with Crippen molar-refractivity contribution in [2.24, 2.45) is 5.73 Å². The Kier molecular flexibility index (Phi) is 5.59. The molecule has 0 aliphatic rings. The van der Waals surface area contributed by atoms with Gasteiger partial charge in [0, 0.05) is 35.0 Å². The molecule has 0 fully saturated rings. The van der Waals surface area contributed by atoms with E-state index in [1.54, 1.807) is 63.8 Å². The Morgan fingerprint density at radius 2 is 1.57 bits per heavy atom. The maximum absolute atomic E-state index is 11.2. The molecule has 0 saturated carbocycles. The number of hydrogen-bond donors (Lipinski definition) is 2. The molecule has 0 aliphatic carbocycles. The molecule has 8 heteroatoms. The number of methoxy groups -OCH3 is 3. The van der Waals surface area contributed by atoms with Crippen molar-refractivity contribution in [3.8, 4) is 28.5 Å². The summed E-state index contributed by atoms with van der Waals surface area (Å²) in [4.78, 5) is 19.7. The van der Waals surface area contributed by atoms with Crippen LogP contribution in [-0.4, -0.2) is 37.2 Å². The third-order valence-corrected chi connectivity index (χ3v) is 4.07. The highest BCUT2D eigenvalue weighted by molar-refractivity contribution is 5.93. The minimum absolute atomic E-state index is 0.438. The van der Waals surface area contributed by atoms with E-state index in [0.29, 0.717) is 40.0 Å². The minimum Gasteiger partial charge on any atom is -0.493 e. The van der Waals surface area contributed by atoms with Gasteiger partial charge in [0.1, 0.15) is 12.1 Å². The number of aromatic nitrogens is 2. The quantitative estimate of drug-likeness (QED) is 0.648. The van der Waals surface area contributed by atoms with Gasteiger partial charge in [-0.05, 0) is 12.1 Å². The fraction of sp³-hybridized carbons (Fsp3) is 0.150. The SMILES string of the molecule is COc1cc(Nc2cc(-c3ccc(C(N)=O)cc3)ncn2)cc(OC)c1OC. The van der Waals surface area contributed by atoms with Gasteiger partial charge in [-0.1, -0.05) is 12.1 Å². The van der Waals surface area contributed by atoms with E-state index in [1.807, 2.05) is 0 Å². The number of nitrogens with one attached hydrogen (secondary N) is 1. The molecule has 0 spiro atoms. The van der Waals surface area contributed by atoms with E-state index >= 15 is 0 Å². The third-order valence-electron chi connectivity index (χ3n) is 4.07. The zero-order chi connectivity index (χ0) is 20.1. The van der Waals surface area contributed by atoms with Crippen molar-refractivity contribution in [2.75, 3.05) is 26.6 Å². The molecule has 0 unspecified atom stereocenters. The second-order valence-corrected chi connectivity index (χ2v) is 5.77. The summed E-state index contributed by atoms with van der Waals surface area (Å²) in [7, 11) is 4.66. The highest BCUT2D eigenvalue weighted by Gasteiger charge is 2.14. The van der Waals surface area contributed by atoms with E-state index in [9.17, 15) is 4.79 Å². The molecule has 1 amide bonds. The normalized spacial score (nSPS) is 10.2. The van der Waals surface area contributed by atoms with Crippen molar-refractivity contribution in [1.29, 1.82) is 0 Å². The molecule has 28 heavy (non-hydrogen) atoms. The molecular weight excluding hydrogens is 360 g/mol. The van der Waals surface area contributed by atoms with Crippen LogP contribution in [0.1, 0.15) is 10.4 Å². The van der Waals surface area contributed by atoms with Crippen molar-refractivity contribution >= 4 is 17.4 Å². The molecule has 8 nitrogen and oxygen atoms in total. The van der Waals surface area contributed by atoms with Crippen LogP contribution in [0.3, 0.4) is 0 Å². The minimum atomic E-state index is -0.473. The first kappa shape index (κ1) is 19.0. The van der Waals surface area contributed by atoms with Crippen LogP contribution in [0, 0.1) is 0 Å². The van der Waals surface area contributed by atoms with Gasteiger partial charge in [-0.15, -0.1) is 0 Å². The van der Waals surface area contributed by atoms with Gasteiger partial charge in [0.05, 0.1) is 27.0 Å². The Bertz CT molecular complexity index is 965. The molecule has 0 radical (unpaired) electrons. The van der Waals surface area contributed by atoms with E-state index in [0.717, 1.165) is 5.56 Å². The van der Waals surface area contributed by atoms with Crippen LogP contribution in [0.5, 0.6) is 17.2 Å². The molecular formula is C20H20N4O4. The van der Waals surface area contributed by atoms with Gasteiger partial charge in [-0.2, -0.15) is 0 Å². The van der Waals surface area contributed by atoms with E-state index in [1.165, 1.54) is 6.33 Å². The van der Waals surface area contributed by atoms with Crippen LogP contribution < -0.4 is 25.3 Å². The molecule has 1 heterocycles. The second kappa shape index (κ2) is 8.26. The molecule has 144 valence electrons. The number of anilines is 2. The van der Waals surface area contributed by atoms with Gasteiger partial charge in [0.15, 0.2) is 11.5 Å². The summed E-state index contributed by atoms with van der Waals surface area (Å²) in [5.41, 5.74) is 7.96. The summed E-state index contributed by atoms with van der Waals surface area (Å²) in [5, 5.41) is 3.20. The number of nitrogens with two attached hydrogens (primary N) is 1. The molecule has 3 N–H and O–H groups in total. The van der Waals surface area contributed by atoms with Crippen molar-refractivity contribution < 1.29 is 19.0 Å². The van der Waals surface area contributed by atoms with Crippen LogP contribution >= 0.6 is 0 Å². The number of amides is 1. The third kappa shape index (κ3) is 3.96. The summed E-state index contributed by atoms with van der Waals surface area (Å²) in [6.07, 6.45) is 1.46. The topological polar surface area (TPSA) is 109 Å². The average molecular weight is 380 g/mol. The molecule has 1 aromatic heterocycles. The van der Waals surface area contributed by atoms with Gasteiger partial charge in [-0.25, -0.2) is 9.97 Å². The summed E-state index contributed by atoms with van der Waals surface area (Å²) in [5.74, 6) is 1.67. The van der Waals surface area contributed by atoms with Crippen LogP contribution in [0.4, 0.5) is 11.5 Å². The second-order valence-electron chi connectivity index (χ2n) is 5.77. The standard InChI is InChI=1S/C20H20N4O4/c1-26-16-8-14(9-17(27-2)19(16)28-3)24-18-10-15(22-11-23-18)12-4-6-13(7-5-12)20(21)25/h4-11H,1-3H3,(H2,21,25)(H,22,23,24). The fourth-order valence-corrected chi connectivity index (χ4v) is 2.69. The summed E-state index contributed by atoms with van der Waals surface area (Å²) in [6, 6.07) is 12.2. The molecule has 0 bridgehead atoms. The number of hydrogen-bond acceptors (Lipinski definition) is 7. The first-order chi connectivity index (χ1) is 13.5. The Labute approximate surface area is 162 Å². The number of nitrogens with zero attached hydrogens (tertiary/aromatic N) is 2. The Morgan fingerprint density at radius 1 is 0.929 bits per heavy atom. The van der Waals surface area contributed by atoms with E-state index in [2.05, 4.69) is 15.3 Å². The van der Waals surface area contributed by atoms with E-state index < -0.39 is 5.91 Å². The number of ether oxygens (including phenoxy) is 3. The lowest BCUT2D eigenvalue weighted by molar-refractivity contribution is 0.100. The van der Waals surface area contributed by atoms with Crippen molar-refractivity contribution in [3.05, 3.63) is 54.4 Å². The number of carbonyl (C=O) groups excluding carboxylic acids is 1. The van der Waals surface area contributed by atoms with Gasteiger partial charge in [0.25, 0.3) is 0 Å². The van der Waals surface area contributed by atoms with E-state index in [-0.39, 0.29) is 0 Å². The lowest BCUT2D eigenvalue weighted by Gasteiger charge is -2.15. The highest BCUT2D eigenvalue weighted by atomic mass is 16.5. The Morgan fingerprint density at radius 3 is 2.11 bits per heavy atom. The molecule has 3 rings (SSSR count). The van der Waals surface area contributed by atoms with Gasteiger partial charge < -0.3 is 25.3 Å². The average Bonchev–Trinajstić information content (AvgIpc) is 2.73. The highest BCUT2D eigenvalue weighted by Crippen LogP contribution is 2.40. The summed E-state index contributed by atoms with van der Waals surface area (Å²) < 4.78 is 16.1. The monoisotopic (exact) mass is 380 g/mol. The number of rotatable bonds is 7. The lowest BCUT2D eigenvalue weighted by Crippen LogP contribution is -2.10. The predicted octanol–water partition coefficient (Wildman–Crippen LogP) is 3.01. The zero-order valence-corrected chi connectivity index (χ0v) is 15.7. The Hall–Kier alpha value is -3.81. The smallest absolute Gasteiger partial charge is 0.248 e. The molecule has 0 aliphatic heterocycles. The number of benzene rings is 2. The molecule has 2 aromatic carbocycles. The van der Waals surface area contributed by atoms with Crippen molar-refractivity contribution in [2.45, 2.75) is 0 Å². The van der Waals surface area contributed by atoms with Gasteiger partial charge in [-0.3, -0.25) is 4.79 Å². The first-order valence-corrected chi connectivity index (χ1v) is 8.35. The first-order valence-electron chi connectivity index (χ1n) is 8.35. The Balaban J connectivity index is 1.90. The number of primary amides is 1. The van der Waals surface area contributed by atoms with Crippen LogP contribution in [0.25, 0.3) is 11.3 Å². The van der Waals surface area contributed by atoms with E-state index in [4.69, 9.17) is 19.9 Å². The van der Waals surface area contributed by atoms with Gasteiger partial charge >= 0.3 is 0 Å². The van der Waals surface area contributed by atoms with Crippen LogP contribution in [0.15, 0.2) is 48.8 Å². The lowest BCUT2D eigenvalue weighted by atomic mass is 10.1. The van der Waals surface area contributed by atoms with Crippen molar-refractivity contribution in [1.82, 2.24) is 9.97 Å². The van der Waals surface area contributed by atoms with Crippen LogP contribution in [-0.2, 0) is 0 Å². The zero-order valence-electron chi connectivity index (χ0n) is 15.7.